The Labute approximate surface area is 166 Å². The number of hydrogen-bond donors (Lipinski definition) is 1. The molecule has 0 saturated carbocycles. The molecule has 1 heterocycles. The number of morpholine rings is 1. The van der Waals surface area contributed by atoms with Crippen molar-refractivity contribution in [3.8, 4) is 0 Å². The fourth-order valence-electron chi connectivity index (χ4n) is 2.82. The van der Waals surface area contributed by atoms with E-state index in [2.05, 4.69) is 5.32 Å². The first kappa shape index (κ1) is 19.4. The molecule has 0 aromatic heterocycles. The smallest absolute Gasteiger partial charge is 0.282 e. The van der Waals surface area contributed by atoms with E-state index in [0.29, 0.717) is 41.9 Å². The molecule has 1 amide bonds. The molecule has 2 aromatic rings. The molecule has 1 aliphatic rings. The Hall–Kier alpha value is -2.35. The molecule has 1 fully saturated rings. The van der Waals surface area contributed by atoms with Crippen LogP contribution in [0.5, 0.6) is 0 Å². The molecule has 1 N–H and O–H groups in total. The van der Waals surface area contributed by atoms with Gasteiger partial charge >= 0.3 is 0 Å². The highest BCUT2D eigenvalue weighted by atomic mass is 35.5. The highest BCUT2D eigenvalue weighted by Crippen LogP contribution is 2.26. The Bertz CT molecular complexity index is 870. The number of benzene rings is 2. The zero-order valence-corrected chi connectivity index (χ0v) is 15.8. The lowest BCUT2D eigenvalue weighted by Gasteiger charge is -2.29. The molecular formula is C18H17Cl2N3O4. The quantitative estimate of drug-likeness (QED) is 0.601. The summed E-state index contributed by atoms with van der Waals surface area (Å²) in [5.74, 6) is -0.539. The number of hydrogen-bond acceptors (Lipinski definition) is 5. The molecule has 7 nitrogen and oxygen atoms in total. The van der Waals surface area contributed by atoms with Gasteiger partial charge in [0.2, 0.25) is 0 Å². The van der Waals surface area contributed by atoms with E-state index in [9.17, 15) is 14.9 Å². The first-order valence-corrected chi connectivity index (χ1v) is 9.04. The predicted octanol–water partition coefficient (Wildman–Crippen LogP) is 3.67. The van der Waals surface area contributed by atoms with Crippen molar-refractivity contribution in [2.75, 3.05) is 31.2 Å². The maximum Gasteiger partial charge on any atom is 0.282 e. The molecule has 3 rings (SSSR count). The third-order valence-electron chi connectivity index (χ3n) is 4.25. The fourth-order valence-corrected chi connectivity index (χ4v) is 3.29. The van der Waals surface area contributed by atoms with Crippen LogP contribution in [-0.2, 0) is 11.3 Å². The molecule has 142 valence electrons. The van der Waals surface area contributed by atoms with Crippen molar-refractivity contribution in [2.45, 2.75) is 6.54 Å². The number of halogens is 2. The predicted molar refractivity (Wildman–Crippen MR) is 104 cm³/mol. The van der Waals surface area contributed by atoms with Crippen LogP contribution in [0.4, 0.5) is 11.4 Å². The van der Waals surface area contributed by atoms with Crippen LogP contribution in [0.15, 0.2) is 36.4 Å². The number of carbonyl (C=O) groups is 1. The minimum absolute atomic E-state index is 0.00841. The Morgan fingerprint density at radius 1 is 1.19 bits per heavy atom. The van der Waals surface area contributed by atoms with Gasteiger partial charge in [-0.15, -0.1) is 0 Å². The Balaban J connectivity index is 1.81. The highest BCUT2D eigenvalue weighted by Gasteiger charge is 2.23. The van der Waals surface area contributed by atoms with Gasteiger partial charge in [0.25, 0.3) is 11.6 Å². The highest BCUT2D eigenvalue weighted by molar-refractivity contribution is 6.35. The van der Waals surface area contributed by atoms with Crippen molar-refractivity contribution in [3.63, 3.8) is 0 Å². The van der Waals surface area contributed by atoms with Crippen molar-refractivity contribution >= 4 is 40.5 Å². The van der Waals surface area contributed by atoms with E-state index in [4.69, 9.17) is 27.9 Å². The minimum atomic E-state index is -0.562. The monoisotopic (exact) mass is 409 g/mol. The number of anilines is 1. The van der Waals surface area contributed by atoms with E-state index in [1.807, 2.05) is 4.90 Å². The van der Waals surface area contributed by atoms with Gasteiger partial charge in [-0.05, 0) is 29.8 Å². The summed E-state index contributed by atoms with van der Waals surface area (Å²) < 4.78 is 5.32. The lowest BCUT2D eigenvalue weighted by atomic mass is 10.1. The summed E-state index contributed by atoms with van der Waals surface area (Å²) >= 11 is 12.0. The normalized spacial score (nSPS) is 14.1. The van der Waals surface area contributed by atoms with Crippen LogP contribution in [-0.4, -0.2) is 37.1 Å². The molecule has 0 spiro atoms. The molecule has 2 aromatic carbocycles. The Kier molecular flexibility index (Phi) is 6.15. The van der Waals surface area contributed by atoms with Gasteiger partial charge < -0.3 is 15.0 Å². The lowest BCUT2D eigenvalue weighted by Crippen LogP contribution is -2.36. The number of amides is 1. The molecule has 9 heteroatoms. The zero-order chi connectivity index (χ0) is 19.4. The second kappa shape index (κ2) is 8.56. The average molecular weight is 410 g/mol. The number of rotatable bonds is 5. The maximum absolute atomic E-state index is 12.6. The van der Waals surface area contributed by atoms with Gasteiger partial charge in [-0.1, -0.05) is 29.3 Å². The summed E-state index contributed by atoms with van der Waals surface area (Å²) in [5, 5.41) is 14.9. The molecule has 1 aliphatic heterocycles. The third kappa shape index (κ3) is 4.68. The van der Waals surface area contributed by atoms with Crippen LogP contribution in [0.3, 0.4) is 0 Å². The summed E-state index contributed by atoms with van der Waals surface area (Å²) in [6, 6.07) is 9.49. The van der Waals surface area contributed by atoms with E-state index in [0.717, 1.165) is 5.69 Å². The number of ether oxygens (including phenoxy) is 1. The van der Waals surface area contributed by atoms with Crippen molar-refractivity contribution in [1.82, 2.24) is 5.32 Å². The molecular weight excluding hydrogens is 393 g/mol. The number of nitro groups is 1. The summed E-state index contributed by atoms with van der Waals surface area (Å²) in [6.07, 6.45) is 0. The maximum atomic E-state index is 12.6. The minimum Gasteiger partial charge on any atom is -0.378 e. The SMILES string of the molecule is O=C(NCc1ccc(Cl)cc1Cl)c1cc(N2CCOCC2)ccc1[N+](=O)[O-]. The van der Waals surface area contributed by atoms with Crippen LogP contribution in [0.1, 0.15) is 15.9 Å². The molecule has 1 saturated heterocycles. The topological polar surface area (TPSA) is 84.7 Å². The molecule has 0 aliphatic carbocycles. The zero-order valence-electron chi connectivity index (χ0n) is 14.3. The van der Waals surface area contributed by atoms with E-state index >= 15 is 0 Å². The Morgan fingerprint density at radius 2 is 1.93 bits per heavy atom. The average Bonchev–Trinajstić information content (AvgIpc) is 2.67. The summed E-state index contributed by atoms with van der Waals surface area (Å²) in [5.41, 5.74) is 1.18. The summed E-state index contributed by atoms with van der Waals surface area (Å²) in [4.78, 5) is 25.4. The van der Waals surface area contributed by atoms with Crippen molar-refractivity contribution < 1.29 is 14.5 Å². The second-order valence-corrected chi connectivity index (χ2v) is 6.82. The lowest BCUT2D eigenvalue weighted by molar-refractivity contribution is -0.385. The number of carbonyl (C=O) groups excluding carboxylic acids is 1. The molecule has 0 atom stereocenters. The van der Waals surface area contributed by atoms with Gasteiger partial charge in [-0.3, -0.25) is 14.9 Å². The van der Waals surface area contributed by atoms with Gasteiger partial charge in [0.15, 0.2) is 0 Å². The third-order valence-corrected chi connectivity index (χ3v) is 4.84. The van der Waals surface area contributed by atoms with Gasteiger partial charge in [0, 0.05) is 41.4 Å². The fraction of sp³-hybridized carbons (Fsp3) is 0.278. The van der Waals surface area contributed by atoms with E-state index in [1.165, 1.54) is 6.07 Å². The largest absolute Gasteiger partial charge is 0.378 e. The van der Waals surface area contributed by atoms with Gasteiger partial charge in [-0.25, -0.2) is 0 Å². The summed E-state index contributed by atoms with van der Waals surface area (Å²) in [7, 11) is 0. The number of nitrogens with one attached hydrogen (secondary N) is 1. The van der Waals surface area contributed by atoms with Crippen LogP contribution < -0.4 is 10.2 Å². The van der Waals surface area contributed by atoms with Gasteiger partial charge in [0.1, 0.15) is 5.56 Å². The van der Waals surface area contributed by atoms with Crippen molar-refractivity contribution in [1.29, 1.82) is 0 Å². The molecule has 0 unspecified atom stereocenters. The first-order chi connectivity index (χ1) is 13.0. The number of nitrogens with zero attached hydrogens (tertiary/aromatic N) is 2. The molecule has 0 bridgehead atoms. The van der Waals surface area contributed by atoms with Crippen LogP contribution in [0.2, 0.25) is 10.0 Å². The molecule has 27 heavy (non-hydrogen) atoms. The van der Waals surface area contributed by atoms with Crippen molar-refractivity contribution in [3.05, 3.63) is 67.7 Å². The van der Waals surface area contributed by atoms with E-state index < -0.39 is 10.8 Å². The van der Waals surface area contributed by atoms with Crippen LogP contribution in [0, 0.1) is 10.1 Å². The number of nitro benzene ring substituents is 1. The molecule has 0 radical (unpaired) electrons. The van der Waals surface area contributed by atoms with Crippen LogP contribution in [0.25, 0.3) is 0 Å². The van der Waals surface area contributed by atoms with Crippen molar-refractivity contribution in [2.24, 2.45) is 0 Å². The second-order valence-electron chi connectivity index (χ2n) is 5.98. The van der Waals surface area contributed by atoms with Gasteiger partial charge in [0.05, 0.1) is 18.1 Å². The first-order valence-electron chi connectivity index (χ1n) is 8.29. The van der Waals surface area contributed by atoms with E-state index in [-0.39, 0.29) is 17.8 Å². The van der Waals surface area contributed by atoms with E-state index in [1.54, 1.807) is 30.3 Å². The van der Waals surface area contributed by atoms with Crippen LogP contribution >= 0.6 is 23.2 Å². The Morgan fingerprint density at radius 3 is 2.59 bits per heavy atom. The standard InChI is InChI=1S/C18H17Cl2N3O4/c19-13-2-1-12(16(20)9-13)11-21-18(24)15-10-14(3-4-17(15)23(25)26)22-5-7-27-8-6-22/h1-4,9-10H,5-8,11H2,(H,21,24). The van der Waals surface area contributed by atoms with Gasteiger partial charge in [-0.2, -0.15) is 0 Å². The summed E-state index contributed by atoms with van der Waals surface area (Å²) in [6.45, 7) is 2.62.